The lowest BCUT2D eigenvalue weighted by atomic mass is 10.2. The monoisotopic (exact) mass is 298 g/mol. The molecule has 0 bridgehead atoms. The van der Waals surface area contributed by atoms with E-state index in [9.17, 15) is 4.79 Å². The van der Waals surface area contributed by atoms with Gasteiger partial charge in [-0.05, 0) is 19.1 Å². The smallest absolute Gasteiger partial charge is 0.256 e. The van der Waals surface area contributed by atoms with E-state index in [0.29, 0.717) is 11.4 Å². The van der Waals surface area contributed by atoms with E-state index in [1.54, 1.807) is 17.8 Å². The molecule has 0 aliphatic carbocycles. The number of hydrogen-bond donors (Lipinski definition) is 2. The molecule has 19 heavy (non-hydrogen) atoms. The van der Waals surface area contributed by atoms with Crippen molar-refractivity contribution in [1.82, 2.24) is 9.78 Å². The van der Waals surface area contributed by atoms with Crippen LogP contribution in [-0.2, 0) is 7.05 Å². The van der Waals surface area contributed by atoms with E-state index in [1.165, 1.54) is 12.1 Å². The van der Waals surface area contributed by atoms with Gasteiger partial charge < -0.3 is 11.1 Å². The van der Waals surface area contributed by atoms with E-state index in [4.69, 9.17) is 28.9 Å². The van der Waals surface area contributed by atoms with Gasteiger partial charge in [-0.15, -0.1) is 0 Å². The average Bonchev–Trinajstić information content (AvgIpc) is 2.64. The van der Waals surface area contributed by atoms with Gasteiger partial charge in [0.2, 0.25) is 0 Å². The van der Waals surface area contributed by atoms with Crippen LogP contribution in [0.15, 0.2) is 18.2 Å². The van der Waals surface area contributed by atoms with E-state index >= 15 is 0 Å². The summed E-state index contributed by atoms with van der Waals surface area (Å²) in [5, 5.41) is 7.36. The van der Waals surface area contributed by atoms with Gasteiger partial charge in [0.1, 0.15) is 5.82 Å². The summed E-state index contributed by atoms with van der Waals surface area (Å²) >= 11 is 11.8. The molecule has 1 aromatic carbocycles. The molecule has 0 aliphatic heterocycles. The van der Waals surface area contributed by atoms with Gasteiger partial charge in [0.15, 0.2) is 0 Å². The van der Waals surface area contributed by atoms with Crippen molar-refractivity contribution < 1.29 is 4.79 Å². The Kier molecular flexibility index (Phi) is 3.68. The Bertz CT molecular complexity index is 628. The van der Waals surface area contributed by atoms with Crippen molar-refractivity contribution in [2.45, 2.75) is 6.92 Å². The minimum absolute atomic E-state index is 0.249. The highest BCUT2D eigenvalue weighted by Crippen LogP contribution is 2.29. The first kappa shape index (κ1) is 13.7. The third-order valence-electron chi connectivity index (χ3n) is 2.58. The number of anilines is 2. The topological polar surface area (TPSA) is 72.9 Å². The summed E-state index contributed by atoms with van der Waals surface area (Å²) in [6.07, 6.45) is 0. The summed E-state index contributed by atoms with van der Waals surface area (Å²) in [6, 6.07) is 4.71. The Morgan fingerprint density at radius 2 is 1.89 bits per heavy atom. The van der Waals surface area contributed by atoms with E-state index in [0.717, 1.165) is 5.69 Å². The first-order valence-corrected chi connectivity index (χ1v) is 6.20. The summed E-state index contributed by atoms with van der Waals surface area (Å²) in [4.78, 5) is 12.1. The molecule has 0 saturated heterocycles. The van der Waals surface area contributed by atoms with Gasteiger partial charge in [0.05, 0.1) is 21.4 Å². The first-order chi connectivity index (χ1) is 8.88. The Morgan fingerprint density at radius 3 is 2.37 bits per heavy atom. The number of carbonyl (C=O) groups is 1. The highest BCUT2D eigenvalue weighted by atomic mass is 35.5. The van der Waals surface area contributed by atoms with Crippen LogP contribution in [0.25, 0.3) is 0 Å². The van der Waals surface area contributed by atoms with Crippen molar-refractivity contribution in [1.29, 1.82) is 0 Å². The molecule has 0 unspecified atom stereocenters. The second-order valence-corrected chi connectivity index (χ2v) is 4.92. The van der Waals surface area contributed by atoms with Gasteiger partial charge in [0, 0.05) is 18.7 Å². The molecule has 0 saturated carbocycles. The van der Waals surface area contributed by atoms with Crippen LogP contribution < -0.4 is 11.1 Å². The zero-order chi connectivity index (χ0) is 14.2. The molecule has 100 valence electrons. The number of benzene rings is 1. The van der Waals surface area contributed by atoms with Gasteiger partial charge >= 0.3 is 0 Å². The molecule has 1 heterocycles. The fraction of sp³-hybridized carbons (Fsp3) is 0.167. The third-order valence-corrected chi connectivity index (χ3v) is 3.21. The highest BCUT2D eigenvalue weighted by Gasteiger charge is 2.13. The number of nitrogens with two attached hydrogens (primary N) is 1. The van der Waals surface area contributed by atoms with Crippen molar-refractivity contribution in [3.8, 4) is 0 Å². The Hall–Kier alpha value is -1.72. The largest absolute Gasteiger partial charge is 0.396 e. The normalized spacial score (nSPS) is 10.5. The summed E-state index contributed by atoms with van der Waals surface area (Å²) in [7, 11) is 1.74. The van der Waals surface area contributed by atoms with Crippen molar-refractivity contribution in [3.63, 3.8) is 0 Å². The first-order valence-electron chi connectivity index (χ1n) is 5.45. The number of halogens is 2. The minimum atomic E-state index is -0.327. The van der Waals surface area contributed by atoms with E-state index < -0.39 is 0 Å². The van der Waals surface area contributed by atoms with Crippen LogP contribution in [0.4, 0.5) is 11.5 Å². The number of nitrogens with one attached hydrogen (secondary N) is 1. The van der Waals surface area contributed by atoms with Gasteiger partial charge in [0.25, 0.3) is 5.91 Å². The number of carbonyl (C=O) groups excluding carboxylic acids is 1. The number of nitrogen functional groups attached to an aromatic ring is 1. The van der Waals surface area contributed by atoms with Crippen molar-refractivity contribution in [2.24, 2.45) is 7.05 Å². The number of aromatic nitrogens is 2. The summed E-state index contributed by atoms with van der Waals surface area (Å²) in [6.45, 7) is 1.84. The predicted octanol–water partition coefficient (Wildman–Crippen LogP) is 2.87. The number of hydrogen-bond acceptors (Lipinski definition) is 3. The van der Waals surface area contributed by atoms with Crippen LogP contribution in [0.5, 0.6) is 0 Å². The molecule has 0 aliphatic rings. The molecule has 3 N–H and O–H groups in total. The molecule has 1 amide bonds. The molecule has 2 rings (SSSR count). The molecule has 0 fully saturated rings. The van der Waals surface area contributed by atoms with Crippen LogP contribution in [0.1, 0.15) is 16.1 Å². The number of aryl methyl sites for hydroxylation is 2. The van der Waals surface area contributed by atoms with Gasteiger partial charge in [-0.2, -0.15) is 5.10 Å². The summed E-state index contributed by atoms with van der Waals surface area (Å²) in [5.41, 5.74) is 7.03. The van der Waals surface area contributed by atoms with Crippen LogP contribution in [0, 0.1) is 6.92 Å². The maximum Gasteiger partial charge on any atom is 0.256 e. The fourth-order valence-corrected chi connectivity index (χ4v) is 2.12. The molecule has 2 aromatic rings. The fourth-order valence-electron chi connectivity index (χ4n) is 1.63. The second-order valence-electron chi connectivity index (χ2n) is 4.10. The van der Waals surface area contributed by atoms with Crippen LogP contribution in [-0.4, -0.2) is 15.7 Å². The minimum Gasteiger partial charge on any atom is -0.396 e. The van der Waals surface area contributed by atoms with Crippen molar-refractivity contribution >= 4 is 40.6 Å². The van der Waals surface area contributed by atoms with Gasteiger partial charge in [-0.3, -0.25) is 9.48 Å². The summed E-state index contributed by atoms with van der Waals surface area (Å²) < 4.78 is 1.58. The molecular formula is C12H12Cl2N4O. The van der Waals surface area contributed by atoms with E-state index in [1.807, 2.05) is 6.92 Å². The van der Waals surface area contributed by atoms with Gasteiger partial charge in [-0.1, -0.05) is 23.2 Å². The molecule has 5 nitrogen and oxygen atoms in total. The Balaban J connectivity index is 2.28. The molecule has 0 atom stereocenters. The van der Waals surface area contributed by atoms with Crippen LogP contribution in [0.2, 0.25) is 10.0 Å². The third kappa shape index (κ3) is 2.83. The quantitative estimate of drug-likeness (QED) is 0.837. The molecular weight excluding hydrogens is 287 g/mol. The maximum absolute atomic E-state index is 12.1. The van der Waals surface area contributed by atoms with Gasteiger partial charge in [-0.25, -0.2) is 0 Å². The van der Waals surface area contributed by atoms with Crippen molar-refractivity contribution in [3.05, 3.63) is 39.5 Å². The predicted molar refractivity (Wildman–Crippen MR) is 76.8 cm³/mol. The zero-order valence-corrected chi connectivity index (χ0v) is 11.9. The lowest BCUT2D eigenvalue weighted by molar-refractivity contribution is 0.102. The summed E-state index contributed by atoms with van der Waals surface area (Å²) in [5.74, 6) is 0.262. The SMILES string of the molecule is Cc1cc(NC(=O)c2cc(Cl)c(N)c(Cl)c2)n(C)n1. The van der Waals surface area contributed by atoms with E-state index in [2.05, 4.69) is 10.4 Å². The molecule has 7 heteroatoms. The molecule has 0 radical (unpaired) electrons. The van der Waals surface area contributed by atoms with Crippen LogP contribution in [0.3, 0.4) is 0 Å². The molecule has 0 spiro atoms. The number of amides is 1. The number of rotatable bonds is 2. The maximum atomic E-state index is 12.1. The van der Waals surface area contributed by atoms with Crippen molar-refractivity contribution in [2.75, 3.05) is 11.1 Å². The van der Waals surface area contributed by atoms with E-state index in [-0.39, 0.29) is 21.6 Å². The standard InChI is InChI=1S/C12H12Cl2N4O/c1-6-3-10(18(2)17-6)16-12(19)7-4-8(13)11(15)9(14)5-7/h3-5H,15H2,1-2H3,(H,16,19). The lowest BCUT2D eigenvalue weighted by Gasteiger charge is -2.07. The average molecular weight is 299 g/mol. The number of nitrogens with zero attached hydrogens (tertiary/aromatic N) is 2. The lowest BCUT2D eigenvalue weighted by Crippen LogP contribution is -2.14. The Morgan fingerprint density at radius 1 is 1.32 bits per heavy atom. The molecule has 1 aromatic heterocycles. The zero-order valence-electron chi connectivity index (χ0n) is 10.4. The van der Waals surface area contributed by atoms with Crippen LogP contribution >= 0.6 is 23.2 Å². The second kappa shape index (κ2) is 5.11. The Labute approximate surface area is 120 Å². The highest BCUT2D eigenvalue weighted by molar-refractivity contribution is 6.39.